The molecule has 0 unspecified atom stereocenters. The molecule has 1 saturated carbocycles. The molecular weight excluding hydrogens is 432 g/mol. The Balaban J connectivity index is 1.27. The summed E-state index contributed by atoms with van der Waals surface area (Å²) in [6.07, 6.45) is 3.72. The Labute approximate surface area is 199 Å². The number of nitrogens with zero attached hydrogens (tertiary/aromatic N) is 1. The van der Waals surface area contributed by atoms with E-state index >= 15 is 0 Å². The highest BCUT2D eigenvalue weighted by Crippen LogP contribution is 2.44. The van der Waals surface area contributed by atoms with E-state index < -0.39 is 17.6 Å². The predicted octanol–water partition coefficient (Wildman–Crippen LogP) is 4.30. The molecule has 0 bridgehead atoms. The molecule has 5 rings (SSSR count). The van der Waals surface area contributed by atoms with Crippen molar-refractivity contribution in [2.75, 3.05) is 13.2 Å². The number of hydrogen-bond donors (Lipinski definition) is 2. The molecule has 0 radical (unpaired) electrons. The number of nitrogens with one attached hydrogen (secondary N) is 1. The molecule has 0 aromatic heterocycles. The summed E-state index contributed by atoms with van der Waals surface area (Å²) in [6.45, 7) is 0.723. The molecule has 2 N–H and O–H groups in total. The minimum Gasteiger partial charge on any atom is -0.481 e. The van der Waals surface area contributed by atoms with Crippen LogP contribution in [-0.4, -0.2) is 52.7 Å². The first-order valence-corrected chi connectivity index (χ1v) is 12.1. The number of ether oxygens (including phenoxy) is 1. The van der Waals surface area contributed by atoms with E-state index in [1.807, 2.05) is 24.3 Å². The quantitative estimate of drug-likeness (QED) is 0.667. The molecule has 2 aromatic carbocycles. The zero-order valence-corrected chi connectivity index (χ0v) is 19.2. The Bertz CT molecular complexity index is 1060. The SMILES string of the molecule is O=C(O)C[C@H]1CCCCN1C(=O)C1(NC(=O)OCC2c3ccccc3-c3ccccc32)CCC1. The largest absolute Gasteiger partial charge is 0.481 e. The van der Waals surface area contributed by atoms with Crippen LogP contribution in [0.3, 0.4) is 0 Å². The number of carbonyl (C=O) groups is 3. The zero-order chi connectivity index (χ0) is 23.7. The van der Waals surface area contributed by atoms with E-state index in [1.54, 1.807) is 4.90 Å². The van der Waals surface area contributed by atoms with Gasteiger partial charge in [-0.1, -0.05) is 48.5 Å². The number of alkyl carbamates (subject to hydrolysis) is 1. The fourth-order valence-electron chi connectivity index (χ4n) is 5.71. The number of rotatable bonds is 6. The Morgan fingerprint density at radius 2 is 1.62 bits per heavy atom. The lowest BCUT2D eigenvalue weighted by Gasteiger charge is -2.46. The van der Waals surface area contributed by atoms with Gasteiger partial charge in [0.15, 0.2) is 0 Å². The molecule has 2 aromatic rings. The molecule has 2 amide bonds. The van der Waals surface area contributed by atoms with Gasteiger partial charge in [0.05, 0.1) is 6.42 Å². The summed E-state index contributed by atoms with van der Waals surface area (Å²) >= 11 is 0. The van der Waals surface area contributed by atoms with Gasteiger partial charge in [-0.3, -0.25) is 9.59 Å². The number of carbonyl (C=O) groups excluding carboxylic acids is 2. The van der Waals surface area contributed by atoms with Crippen molar-refractivity contribution in [3.8, 4) is 11.1 Å². The topological polar surface area (TPSA) is 95.9 Å². The molecule has 2 aliphatic carbocycles. The maximum Gasteiger partial charge on any atom is 0.408 e. The second kappa shape index (κ2) is 9.12. The lowest BCUT2D eigenvalue weighted by molar-refractivity contribution is -0.148. The van der Waals surface area contributed by atoms with Crippen LogP contribution in [0.15, 0.2) is 48.5 Å². The summed E-state index contributed by atoms with van der Waals surface area (Å²) in [5.74, 6) is -1.12. The number of amides is 2. The van der Waals surface area contributed by atoms with E-state index in [4.69, 9.17) is 4.74 Å². The Morgan fingerprint density at radius 3 is 2.21 bits per heavy atom. The lowest BCUT2D eigenvalue weighted by atomic mass is 9.75. The molecule has 34 heavy (non-hydrogen) atoms. The maximum absolute atomic E-state index is 13.5. The number of piperidine rings is 1. The second-order valence-electron chi connectivity index (χ2n) is 9.63. The highest BCUT2D eigenvalue weighted by Gasteiger charge is 2.49. The van der Waals surface area contributed by atoms with Crippen molar-refractivity contribution >= 4 is 18.0 Å². The number of hydrogen-bond acceptors (Lipinski definition) is 4. The van der Waals surface area contributed by atoms with Crippen molar-refractivity contribution in [1.82, 2.24) is 10.2 Å². The normalized spacial score (nSPS) is 20.6. The number of fused-ring (bicyclic) bond motifs is 3. The third kappa shape index (κ3) is 4.04. The van der Waals surface area contributed by atoms with Crippen molar-refractivity contribution in [2.24, 2.45) is 0 Å². The van der Waals surface area contributed by atoms with Crippen LogP contribution in [0.5, 0.6) is 0 Å². The van der Waals surface area contributed by atoms with Crippen LogP contribution in [-0.2, 0) is 14.3 Å². The van der Waals surface area contributed by atoms with Crippen LogP contribution in [0.25, 0.3) is 11.1 Å². The molecule has 3 aliphatic rings. The number of carboxylic acid groups (broad SMARTS) is 1. The summed E-state index contributed by atoms with van der Waals surface area (Å²) < 4.78 is 5.69. The standard InChI is InChI=1S/C27H30N2O5/c30-24(31)16-18-8-5-6-15-29(18)25(32)27(13-7-14-27)28-26(33)34-17-23-21-11-3-1-9-19(21)20-10-2-4-12-22(20)23/h1-4,9-12,18,23H,5-8,13-17H2,(H,28,33)(H,30,31)/t18-/m1/s1. The van der Waals surface area contributed by atoms with Crippen molar-refractivity contribution < 1.29 is 24.2 Å². The van der Waals surface area contributed by atoms with Gasteiger partial charge in [0.2, 0.25) is 5.91 Å². The first kappa shape index (κ1) is 22.4. The van der Waals surface area contributed by atoms with E-state index in [0.29, 0.717) is 25.8 Å². The third-order valence-electron chi connectivity index (χ3n) is 7.60. The van der Waals surface area contributed by atoms with Gasteiger partial charge in [0.25, 0.3) is 0 Å². The molecule has 1 saturated heterocycles. The highest BCUT2D eigenvalue weighted by atomic mass is 16.5. The number of likely N-dealkylation sites (tertiary alicyclic amines) is 1. The molecule has 1 atom stereocenters. The lowest BCUT2D eigenvalue weighted by Crippen LogP contribution is -2.65. The molecule has 2 fully saturated rings. The van der Waals surface area contributed by atoms with Gasteiger partial charge >= 0.3 is 12.1 Å². The second-order valence-corrected chi connectivity index (χ2v) is 9.63. The van der Waals surface area contributed by atoms with E-state index in [9.17, 15) is 19.5 Å². The minimum absolute atomic E-state index is 0.0479. The molecule has 7 heteroatoms. The van der Waals surface area contributed by atoms with Gasteiger partial charge in [-0.25, -0.2) is 4.79 Å². The Kier molecular flexibility index (Phi) is 6.02. The van der Waals surface area contributed by atoms with Crippen LogP contribution in [0, 0.1) is 0 Å². The molecular formula is C27H30N2O5. The summed E-state index contributed by atoms with van der Waals surface area (Å²) in [5, 5.41) is 12.1. The minimum atomic E-state index is -0.989. The fraction of sp³-hybridized carbons (Fsp3) is 0.444. The third-order valence-corrected chi connectivity index (χ3v) is 7.60. The molecule has 0 spiro atoms. The predicted molar refractivity (Wildman–Crippen MR) is 126 cm³/mol. The van der Waals surface area contributed by atoms with Crippen LogP contribution in [0.1, 0.15) is 62.0 Å². The molecule has 7 nitrogen and oxygen atoms in total. The van der Waals surface area contributed by atoms with Gasteiger partial charge in [-0.2, -0.15) is 0 Å². The summed E-state index contributed by atoms with van der Waals surface area (Å²) in [6, 6.07) is 16.0. The van der Waals surface area contributed by atoms with Gasteiger partial charge < -0.3 is 20.1 Å². The zero-order valence-electron chi connectivity index (χ0n) is 19.2. The Hall–Kier alpha value is -3.35. The smallest absolute Gasteiger partial charge is 0.408 e. The fourth-order valence-corrected chi connectivity index (χ4v) is 5.71. The highest BCUT2D eigenvalue weighted by molar-refractivity contribution is 5.91. The van der Waals surface area contributed by atoms with Crippen LogP contribution in [0.2, 0.25) is 0 Å². The van der Waals surface area contributed by atoms with Gasteiger partial charge in [-0.15, -0.1) is 0 Å². The summed E-state index contributed by atoms with van der Waals surface area (Å²) in [5.41, 5.74) is 3.60. The van der Waals surface area contributed by atoms with Crippen LogP contribution < -0.4 is 5.32 Å². The van der Waals surface area contributed by atoms with Crippen molar-refractivity contribution in [1.29, 1.82) is 0 Å². The van der Waals surface area contributed by atoms with Crippen LogP contribution in [0.4, 0.5) is 4.79 Å². The van der Waals surface area contributed by atoms with Gasteiger partial charge in [0.1, 0.15) is 12.1 Å². The van der Waals surface area contributed by atoms with E-state index in [1.165, 1.54) is 0 Å². The van der Waals surface area contributed by atoms with Crippen molar-refractivity contribution in [3.05, 3.63) is 59.7 Å². The maximum atomic E-state index is 13.5. The Morgan fingerprint density at radius 1 is 0.971 bits per heavy atom. The summed E-state index contributed by atoms with van der Waals surface area (Å²) in [7, 11) is 0. The molecule has 1 heterocycles. The first-order chi connectivity index (χ1) is 16.5. The number of aliphatic carboxylic acids is 1. The number of benzene rings is 2. The van der Waals surface area contributed by atoms with Crippen molar-refractivity contribution in [3.63, 3.8) is 0 Å². The van der Waals surface area contributed by atoms with Crippen molar-refractivity contribution in [2.45, 2.75) is 62.4 Å². The van der Waals surface area contributed by atoms with Crippen LogP contribution >= 0.6 is 0 Å². The van der Waals surface area contributed by atoms with E-state index in [2.05, 4.69) is 29.6 Å². The van der Waals surface area contributed by atoms with E-state index in [-0.39, 0.29) is 30.9 Å². The molecule has 178 valence electrons. The van der Waals surface area contributed by atoms with Gasteiger partial charge in [-0.05, 0) is 60.8 Å². The average molecular weight is 463 g/mol. The monoisotopic (exact) mass is 462 g/mol. The number of carboxylic acids is 1. The first-order valence-electron chi connectivity index (χ1n) is 12.1. The average Bonchev–Trinajstić information content (AvgIpc) is 3.13. The summed E-state index contributed by atoms with van der Waals surface area (Å²) in [4.78, 5) is 39.3. The molecule has 1 aliphatic heterocycles. The van der Waals surface area contributed by atoms with Gasteiger partial charge in [0, 0.05) is 18.5 Å². The van der Waals surface area contributed by atoms with E-state index in [0.717, 1.165) is 41.5 Å².